The van der Waals surface area contributed by atoms with Gasteiger partial charge in [0.15, 0.2) is 0 Å². The maximum absolute atomic E-state index is 12.6. The van der Waals surface area contributed by atoms with Crippen molar-refractivity contribution in [3.8, 4) is 0 Å². The van der Waals surface area contributed by atoms with Gasteiger partial charge >= 0.3 is 6.09 Å². The molecule has 1 heterocycles. The van der Waals surface area contributed by atoms with Crippen LogP contribution in [-0.4, -0.2) is 30.2 Å². The summed E-state index contributed by atoms with van der Waals surface area (Å²) < 4.78 is 5.78. The molecule has 2 aromatic rings. The Bertz CT molecular complexity index is 799. The van der Waals surface area contributed by atoms with E-state index in [1.807, 2.05) is 36.4 Å². The summed E-state index contributed by atoms with van der Waals surface area (Å²) in [6, 6.07) is 18.4. The number of nitrogen functional groups attached to an aromatic ring is 1. The first-order valence-corrected chi connectivity index (χ1v) is 10.8. The van der Waals surface area contributed by atoms with Crippen molar-refractivity contribution in [2.45, 2.75) is 50.8 Å². The van der Waals surface area contributed by atoms with Crippen molar-refractivity contribution in [1.82, 2.24) is 10.2 Å². The zero-order valence-corrected chi connectivity index (χ0v) is 16.9. The van der Waals surface area contributed by atoms with E-state index in [1.165, 1.54) is 30.4 Å². The van der Waals surface area contributed by atoms with Crippen LogP contribution in [0.25, 0.3) is 0 Å². The molecule has 1 amide bonds. The van der Waals surface area contributed by atoms with Crippen LogP contribution in [0.5, 0.6) is 0 Å². The maximum atomic E-state index is 12.6. The molecular formula is C24H31N3O2. The van der Waals surface area contributed by atoms with E-state index in [4.69, 9.17) is 10.5 Å². The van der Waals surface area contributed by atoms with E-state index >= 15 is 0 Å². The van der Waals surface area contributed by atoms with E-state index < -0.39 is 0 Å². The van der Waals surface area contributed by atoms with Crippen LogP contribution in [0.1, 0.15) is 49.3 Å². The fourth-order valence-electron chi connectivity index (χ4n) is 4.35. The van der Waals surface area contributed by atoms with Crippen molar-refractivity contribution in [1.29, 1.82) is 0 Å². The van der Waals surface area contributed by atoms with E-state index in [-0.39, 0.29) is 18.2 Å². The van der Waals surface area contributed by atoms with Gasteiger partial charge in [0, 0.05) is 25.3 Å². The van der Waals surface area contributed by atoms with Gasteiger partial charge in [-0.2, -0.15) is 0 Å². The highest BCUT2D eigenvalue weighted by Gasteiger charge is 2.31. The summed E-state index contributed by atoms with van der Waals surface area (Å²) >= 11 is 0. The number of nitrogens with one attached hydrogen (secondary N) is 1. The topological polar surface area (TPSA) is 67.6 Å². The zero-order valence-electron chi connectivity index (χ0n) is 16.9. The third kappa shape index (κ3) is 5.30. The lowest BCUT2D eigenvalue weighted by atomic mass is 9.77. The molecule has 3 N–H and O–H groups in total. The number of carbonyl (C=O) groups excluding carboxylic acids is 1. The molecule has 2 aromatic carbocycles. The average Bonchev–Trinajstić information content (AvgIpc) is 2.68. The number of hydrogen-bond donors (Lipinski definition) is 2. The van der Waals surface area contributed by atoms with Gasteiger partial charge in [-0.25, -0.2) is 4.79 Å². The predicted octanol–water partition coefficient (Wildman–Crippen LogP) is 4.50. The number of benzene rings is 2. The zero-order chi connectivity index (χ0) is 20.1. The maximum Gasteiger partial charge on any atom is 0.407 e. The minimum atomic E-state index is -0.278. The molecule has 1 unspecified atom stereocenters. The first-order valence-electron chi connectivity index (χ1n) is 10.8. The van der Waals surface area contributed by atoms with E-state index in [0.717, 1.165) is 38.2 Å². The summed E-state index contributed by atoms with van der Waals surface area (Å²) in [5.74, 6) is 0.519. The second-order valence-corrected chi connectivity index (χ2v) is 8.35. The summed E-state index contributed by atoms with van der Waals surface area (Å²) in [7, 11) is 0. The minimum absolute atomic E-state index is 0.00935. The number of carbonyl (C=O) groups is 1. The lowest BCUT2D eigenvalue weighted by molar-refractivity contribution is 0.0440. The van der Waals surface area contributed by atoms with Gasteiger partial charge in [-0.1, -0.05) is 48.9 Å². The molecule has 1 saturated heterocycles. The van der Waals surface area contributed by atoms with Crippen molar-refractivity contribution >= 4 is 11.8 Å². The lowest BCUT2D eigenvalue weighted by Gasteiger charge is -2.35. The van der Waals surface area contributed by atoms with Gasteiger partial charge in [-0.05, 0) is 54.9 Å². The summed E-state index contributed by atoms with van der Waals surface area (Å²) in [6.45, 7) is 2.75. The SMILES string of the molecule is Nc1cccc(CN2CCC(OC(=O)NC(c3ccccc3)C3CCC3)CC2)c1. The Morgan fingerprint density at radius 2 is 1.83 bits per heavy atom. The average molecular weight is 394 g/mol. The Hall–Kier alpha value is -2.53. The number of nitrogens with two attached hydrogens (primary N) is 1. The number of piperidine rings is 1. The van der Waals surface area contributed by atoms with E-state index in [1.54, 1.807) is 0 Å². The highest BCUT2D eigenvalue weighted by Crippen LogP contribution is 2.37. The lowest BCUT2D eigenvalue weighted by Crippen LogP contribution is -2.41. The molecule has 0 spiro atoms. The molecule has 4 rings (SSSR count). The fourth-order valence-corrected chi connectivity index (χ4v) is 4.35. The smallest absolute Gasteiger partial charge is 0.407 e. The number of likely N-dealkylation sites (tertiary alicyclic amines) is 1. The number of anilines is 1. The number of hydrogen-bond acceptors (Lipinski definition) is 4. The molecule has 5 nitrogen and oxygen atoms in total. The van der Waals surface area contributed by atoms with Crippen LogP contribution in [0.4, 0.5) is 10.5 Å². The van der Waals surface area contributed by atoms with Crippen LogP contribution < -0.4 is 11.1 Å². The van der Waals surface area contributed by atoms with Gasteiger partial charge in [0.2, 0.25) is 0 Å². The van der Waals surface area contributed by atoms with Crippen molar-refractivity contribution in [3.05, 3.63) is 65.7 Å². The molecule has 0 bridgehead atoms. The van der Waals surface area contributed by atoms with Crippen LogP contribution >= 0.6 is 0 Å². The highest BCUT2D eigenvalue weighted by atomic mass is 16.6. The van der Waals surface area contributed by atoms with Crippen LogP contribution in [0.15, 0.2) is 54.6 Å². The number of amides is 1. The molecule has 1 aliphatic heterocycles. The largest absolute Gasteiger partial charge is 0.446 e. The third-order valence-electron chi connectivity index (χ3n) is 6.22. The first-order chi connectivity index (χ1) is 14.2. The Morgan fingerprint density at radius 3 is 2.48 bits per heavy atom. The predicted molar refractivity (Wildman–Crippen MR) is 115 cm³/mol. The molecular weight excluding hydrogens is 362 g/mol. The standard InChI is InChI=1S/C24H31N3O2/c25-21-11-4-6-18(16-21)17-27-14-12-22(13-15-27)29-24(28)26-23(20-9-5-10-20)19-7-2-1-3-8-19/h1-4,6-8,11,16,20,22-23H,5,9-10,12-15,17,25H2,(H,26,28). The van der Waals surface area contributed by atoms with Crippen molar-refractivity contribution in [3.63, 3.8) is 0 Å². The monoisotopic (exact) mass is 393 g/mol. The van der Waals surface area contributed by atoms with Crippen LogP contribution in [0.3, 0.4) is 0 Å². The minimum Gasteiger partial charge on any atom is -0.446 e. The number of nitrogens with zero attached hydrogens (tertiary/aromatic N) is 1. The number of ether oxygens (including phenoxy) is 1. The summed E-state index contributed by atoms with van der Waals surface area (Å²) in [5.41, 5.74) is 9.08. The van der Waals surface area contributed by atoms with E-state index in [0.29, 0.717) is 5.92 Å². The van der Waals surface area contributed by atoms with Gasteiger partial charge in [-0.3, -0.25) is 4.90 Å². The van der Waals surface area contributed by atoms with Gasteiger partial charge < -0.3 is 15.8 Å². The van der Waals surface area contributed by atoms with Crippen LogP contribution in [0, 0.1) is 5.92 Å². The Balaban J connectivity index is 1.26. The Morgan fingerprint density at radius 1 is 1.07 bits per heavy atom. The Labute approximate surface area is 173 Å². The van der Waals surface area contributed by atoms with Gasteiger partial charge in [0.1, 0.15) is 6.10 Å². The van der Waals surface area contributed by atoms with Crippen molar-refractivity contribution < 1.29 is 9.53 Å². The molecule has 1 atom stereocenters. The molecule has 1 saturated carbocycles. The van der Waals surface area contributed by atoms with Crippen molar-refractivity contribution in [2.24, 2.45) is 5.92 Å². The molecule has 29 heavy (non-hydrogen) atoms. The first kappa shape index (κ1) is 19.8. The van der Waals surface area contributed by atoms with Crippen LogP contribution in [0.2, 0.25) is 0 Å². The molecule has 1 aliphatic carbocycles. The molecule has 0 radical (unpaired) electrons. The second kappa shape index (κ2) is 9.31. The number of rotatable bonds is 6. The molecule has 2 aliphatic rings. The second-order valence-electron chi connectivity index (χ2n) is 8.35. The van der Waals surface area contributed by atoms with Gasteiger partial charge in [0.25, 0.3) is 0 Å². The third-order valence-corrected chi connectivity index (χ3v) is 6.22. The summed E-state index contributed by atoms with van der Waals surface area (Å²) in [6.07, 6.45) is 5.04. The van der Waals surface area contributed by atoms with Crippen LogP contribution in [-0.2, 0) is 11.3 Å². The molecule has 0 aromatic heterocycles. The molecule has 5 heteroatoms. The number of alkyl carbamates (subject to hydrolysis) is 1. The fraction of sp³-hybridized carbons (Fsp3) is 0.458. The molecule has 154 valence electrons. The summed E-state index contributed by atoms with van der Waals surface area (Å²) in [5, 5.41) is 3.15. The summed E-state index contributed by atoms with van der Waals surface area (Å²) in [4.78, 5) is 15.0. The molecule has 2 fully saturated rings. The highest BCUT2D eigenvalue weighted by molar-refractivity contribution is 5.68. The van der Waals surface area contributed by atoms with E-state index in [9.17, 15) is 4.79 Å². The quantitative estimate of drug-likeness (QED) is 0.709. The van der Waals surface area contributed by atoms with Gasteiger partial charge in [-0.15, -0.1) is 0 Å². The van der Waals surface area contributed by atoms with E-state index in [2.05, 4.69) is 28.4 Å². The Kier molecular flexibility index (Phi) is 6.35. The normalized spacial score (nSPS) is 19.3. The van der Waals surface area contributed by atoms with Crippen molar-refractivity contribution in [2.75, 3.05) is 18.8 Å². The van der Waals surface area contributed by atoms with Gasteiger partial charge in [0.05, 0.1) is 6.04 Å².